The molecule has 0 spiro atoms. The van der Waals surface area contributed by atoms with Crippen molar-refractivity contribution in [3.05, 3.63) is 241 Å². The summed E-state index contributed by atoms with van der Waals surface area (Å²) in [5, 5.41) is 3.47. The molecular formula is C60H41NO2. The second-order valence-electron chi connectivity index (χ2n) is 16.4. The van der Waals surface area contributed by atoms with Crippen LogP contribution in [0.1, 0.15) is 29.2 Å². The molecule has 1 unspecified atom stereocenters. The van der Waals surface area contributed by atoms with Gasteiger partial charge in [-0.1, -0.05) is 182 Å². The van der Waals surface area contributed by atoms with Gasteiger partial charge in [0.25, 0.3) is 0 Å². The van der Waals surface area contributed by atoms with Crippen LogP contribution in [-0.2, 0) is 0 Å². The number of allylic oxidation sites excluding steroid dienone is 1. The topological polar surface area (TPSA) is 29.5 Å². The van der Waals surface area contributed by atoms with Crippen molar-refractivity contribution in [1.82, 2.24) is 0 Å². The normalized spacial score (nSPS) is 13.4. The standard InChI is InChI=1S/C60H41NO2/c1-2-10-40(11-3-1)43-28-34-48(35-29-43)61(49-36-30-44(31-37-49)41-20-24-46(25-21-41)51-14-8-16-55-53-12-4-6-18-57(53)62-59(51)55)50-38-32-45(33-39-50)42-22-26-47(27-23-42)52-15-9-17-56-54-13-5-7-19-58(54)63-60(52)56/h1-14,16-39,52H,15H2. The van der Waals surface area contributed by atoms with Crippen molar-refractivity contribution in [3.8, 4) is 44.5 Å². The lowest BCUT2D eigenvalue weighted by Crippen LogP contribution is -2.09. The van der Waals surface area contributed by atoms with Gasteiger partial charge in [-0.3, -0.25) is 0 Å². The third-order valence-corrected chi connectivity index (χ3v) is 12.7. The summed E-state index contributed by atoms with van der Waals surface area (Å²) >= 11 is 0. The summed E-state index contributed by atoms with van der Waals surface area (Å²) in [6, 6.07) is 78.1. The molecule has 0 saturated carbocycles. The van der Waals surface area contributed by atoms with E-state index in [0.717, 1.165) is 79.0 Å². The van der Waals surface area contributed by atoms with Crippen molar-refractivity contribution in [2.24, 2.45) is 0 Å². The molecule has 0 fully saturated rings. The van der Waals surface area contributed by atoms with Crippen LogP contribution in [0.3, 0.4) is 0 Å². The maximum absolute atomic E-state index is 6.42. The molecule has 0 bridgehead atoms. The fourth-order valence-electron chi connectivity index (χ4n) is 9.44. The van der Waals surface area contributed by atoms with Gasteiger partial charge in [0.05, 0.1) is 0 Å². The summed E-state index contributed by atoms with van der Waals surface area (Å²) < 4.78 is 12.8. The van der Waals surface area contributed by atoms with Crippen molar-refractivity contribution in [2.75, 3.05) is 4.90 Å². The molecule has 0 radical (unpaired) electrons. The first-order valence-corrected chi connectivity index (χ1v) is 21.7. The Morgan fingerprint density at radius 3 is 1.43 bits per heavy atom. The largest absolute Gasteiger partial charge is 0.460 e. The van der Waals surface area contributed by atoms with Gasteiger partial charge in [-0.2, -0.15) is 0 Å². The average Bonchev–Trinajstić information content (AvgIpc) is 3.94. The zero-order valence-electron chi connectivity index (χ0n) is 34.5. The number of fused-ring (bicyclic) bond motifs is 6. The molecule has 0 amide bonds. The van der Waals surface area contributed by atoms with Crippen molar-refractivity contribution in [1.29, 1.82) is 0 Å². The molecule has 1 atom stereocenters. The highest BCUT2D eigenvalue weighted by atomic mass is 16.3. The van der Waals surface area contributed by atoms with Crippen LogP contribution in [0.5, 0.6) is 0 Å². The summed E-state index contributed by atoms with van der Waals surface area (Å²) in [6.07, 6.45) is 5.42. The number of hydrogen-bond donors (Lipinski definition) is 0. The zero-order chi connectivity index (χ0) is 41.7. The van der Waals surface area contributed by atoms with E-state index in [4.69, 9.17) is 8.83 Å². The highest BCUT2D eigenvalue weighted by molar-refractivity contribution is 6.09. The molecule has 12 rings (SSSR count). The smallest absolute Gasteiger partial charge is 0.143 e. The van der Waals surface area contributed by atoms with Crippen molar-refractivity contribution >= 4 is 56.0 Å². The van der Waals surface area contributed by atoms with Gasteiger partial charge in [0.15, 0.2) is 0 Å². The average molecular weight is 808 g/mol. The molecule has 298 valence electrons. The Morgan fingerprint density at radius 2 is 0.825 bits per heavy atom. The van der Waals surface area contributed by atoms with Crippen LogP contribution in [0.4, 0.5) is 17.1 Å². The molecule has 2 aromatic heterocycles. The molecule has 0 N–H and O–H groups in total. The number of nitrogens with zero attached hydrogens (tertiary/aromatic N) is 1. The lowest BCUT2D eigenvalue weighted by atomic mass is 9.86. The Bertz CT molecular complexity index is 3430. The Hall–Kier alpha value is -8.14. The minimum absolute atomic E-state index is 0.199. The van der Waals surface area contributed by atoms with E-state index in [1.807, 2.05) is 18.2 Å². The van der Waals surface area contributed by atoms with Gasteiger partial charge in [0.1, 0.15) is 22.5 Å². The first kappa shape index (κ1) is 36.7. The molecule has 11 aromatic rings. The van der Waals surface area contributed by atoms with Crippen LogP contribution in [0, 0.1) is 0 Å². The Labute approximate surface area is 366 Å². The van der Waals surface area contributed by atoms with E-state index in [9.17, 15) is 0 Å². The van der Waals surface area contributed by atoms with Crippen LogP contribution < -0.4 is 4.90 Å². The minimum atomic E-state index is 0.199. The Morgan fingerprint density at radius 1 is 0.365 bits per heavy atom. The van der Waals surface area contributed by atoms with E-state index in [1.54, 1.807) is 0 Å². The SMILES string of the molecule is C1=Cc2c(oc3ccccc23)C(c2ccc(-c3ccc(N(c4ccc(-c5ccccc5)cc4)c4ccc(-c5ccc(-c6cccc7c6oc6ccccc67)cc5)cc4)cc3)cc2)C1. The van der Waals surface area contributed by atoms with Gasteiger partial charge in [-0.25, -0.2) is 0 Å². The van der Waals surface area contributed by atoms with E-state index in [-0.39, 0.29) is 5.92 Å². The minimum Gasteiger partial charge on any atom is -0.460 e. The quantitative estimate of drug-likeness (QED) is 0.153. The fourth-order valence-corrected chi connectivity index (χ4v) is 9.44. The monoisotopic (exact) mass is 807 g/mol. The van der Waals surface area contributed by atoms with Gasteiger partial charge in [0.2, 0.25) is 0 Å². The first-order chi connectivity index (χ1) is 31.2. The molecule has 3 heteroatoms. The van der Waals surface area contributed by atoms with Gasteiger partial charge in [-0.15, -0.1) is 0 Å². The lowest BCUT2D eigenvalue weighted by Gasteiger charge is -2.26. The fraction of sp³-hybridized carbons (Fsp3) is 0.0333. The second-order valence-corrected chi connectivity index (χ2v) is 16.4. The summed E-state index contributed by atoms with van der Waals surface area (Å²) in [7, 11) is 0. The molecule has 63 heavy (non-hydrogen) atoms. The van der Waals surface area contributed by atoms with E-state index in [1.165, 1.54) is 38.8 Å². The highest BCUT2D eigenvalue weighted by Crippen LogP contribution is 2.42. The van der Waals surface area contributed by atoms with E-state index >= 15 is 0 Å². The third kappa shape index (κ3) is 6.63. The summed E-state index contributed by atoms with van der Waals surface area (Å²) in [6.45, 7) is 0. The molecule has 2 heterocycles. The predicted octanol–water partition coefficient (Wildman–Crippen LogP) is 17.0. The summed E-state index contributed by atoms with van der Waals surface area (Å²) in [5.74, 6) is 1.26. The van der Waals surface area contributed by atoms with Crippen LogP contribution >= 0.6 is 0 Å². The molecule has 9 aromatic carbocycles. The van der Waals surface area contributed by atoms with Crippen molar-refractivity contribution in [3.63, 3.8) is 0 Å². The predicted molar refractivity (Wildman–Crippen MR) is 262 cm³/mol. The number of anilines is 3. The highest BCUT2D eigenvalue weighted by Gasteiger charge is 2.25. The van der Waals surface area contributed by atoms with Gasteiger partial charge in [-0.05, 0) is 99.5 Å². The van der Waals surface area contributed by atoms with E-state index in [0.29, 0.717) is 0 Å². The Balaban J connectivity index is 0.836. The van der Waals surface area contributed by atoms with Crippen molar-refractivity contribution in [2.45, 2.75) is 12.3 Å². The Kier molecular flexibility index (Phi) is 8.97. The number of para-hydroxylation sites is 3. The molecule has 0 aliphatic heterocycles. The summed E-state index contributed by atoms with van der Waals surface area (Å²) in [5.41, 5.74) is 17.8. The molecule has 1 aliphatic rings. The van der Waals surface area contributed by atoms with Gasteiger partial charge < -0.3 is 13.7 Å². The maximum Gasteiger partial charge on any atom is 0.143 e. The maximum atomic E-state index is 6.42. The number of furan rings is 2. The second kappa shape index (κ2) is 15.4. The molecular weight excluding hydrogens is 767 g/mol. The zero-order valence-corrected chi connectivity index (χ0v) is 34.5. The van der Waals surface area contributed by atoms with Gasteiger partial charge >= 0.3 is 0 Å². The molecule has 0 saturated heterocycles. The van der Waals surface area contributed by atoms with E-state index in [2.05, 4.69) is 217 Å². The molecule has 1 aliphatic carbocycles. The van der Waals surface area contributed by atoms with Crippen LogP contribution in [0.2, 0.25) is 0 Å². The summed E-state index contributed by atoms with van der Waals surface area (Å²) in [4.78, 5) is 2.34. The van der Waals surface area contributed by atoms with Crippen LogP contribution in [0.25, 0.3) is 83.5 Å². The van der Waals surface area contributed by atoms with E-state index < -0.39 is 0 Å². The number of hydrogen-bond acceptors (Lipinski definition) is 3. The lowest BCUT2D eigenvalue weighted by molar-refractivity contribution is 0.517. The number of rotatable bonds is 8. The third-order valence-electron chi connectivity index (χ3n) is 12.7. The molecule has 3 nitrogen and oxygen atoms in total. The first-order valence-electron chi connectivity index (χ1n) is 21.7. The van der Waals surface area contributed by atoms with Crippen molar-refractivity contribution < 1.29 is 8.83 Å². The van der Waals surface area contributed by atoms with Crippen LogP contribution in [0.15, 0.2) is 233 Å². The van der Waals surface area contributed by atoms with Gasteiger partial charge in [0, 0.05) is 50.3 Å². The van der Waals surface area contributed by atoms with Crippen LogP contribution in [-0.4, -0.2) is 0 Å². The number of benzene rings is 9.